The van der Waals surface area contributed by atoms with Gasteiger partial charge in [-0.1, -0.05) is 222 Å². The lowest BCUT2D eigenvalue weighted by Gasteiger charge is -2.22. The Morgan fingerprint density at radius 1 is 0.506 bits per heavy atom. The first-order chi connectivity index (χ1) is 37.6. The average molecular weight is 1280 g/mol. The van der Waals surface area contributed by atoms with Gasteiger partial charge < -0.3 is 5.32 Å². The summed E-state index contributed by atoms with van der Waals surface area (Å²) < 4.78 is 51.6. The number of benzene rings is 4. The number of sulfone groups is 2. The summed E-state index contributed by atoms with van der Waals surface area (Å²) in [7, 11) is -7.01. The molecular formula is C56H68Cl8N6O7S2. The number of halogens is 8. The van der Waals surface area contributed by atoms with Crippen molar-refractivity contribution < 1.29 is 31.2 Å². The first kappa shape index (κ1) is 66.5. The summed E-state index contributed by atoms with van der Waals surface area (Å²) >= 11 is 49.8. The minimum Gasteiger partial charge on any atom is -0.341 e. The summed E-state index contributed by atoms with van der Waals surface area (Å²) in [5.74, 6) is -0.753. The van der Waals surface area contributed by atoms with Crippen LogP contribution in [0.2, 0.25) is 40.2 Å². The Kier molecular flexibility index (Phi) is 27.3. The molecule has 0 aromatic heterocycles. The van der Waals surface area contributed by atoms with Gasteiger partial charge in [0.05, 0.1) is 75.6 Å². The summed E-state index contributed by atoms with van der Waals surface area (Å²) in [5, 5.41) is 15.2. The fraction of sp³-hybridized carbons (Fsp3) is 0.482. The van der Waals surface area contributed by atoms with Crippen LogP contribution in [0.5, 0.6) is 0 Å². The highest BCUT2D eigenvalue weighted by atomic mass is 35.5. The molecule has 432 valence electrons. The zero-order valence-corrected chi connectivity index (χ0v) is 52.4. The topological polar surface area (TPSA) is 166 Å². The third-order valence-corrected chi connectivity index (χ3v) is 18.9. The van der Waals surface area contributed by atoms with E-state index < -0.39 is 31.5 Å². The standard InChI is InChI=1S/C29H35Cl4N3O4S.C27H33Cl4N3O3S/c1-3-4-5-6-7-8-9-10-11-12-15-41(39,40)22-13-14-26(23(31)18-22)35(20(2)37)27-19-28(38)36(34-27)29-24(32)16-21(30)17-25(29)33;1-2-3-4-5-6-7-8-9-10-11-14-38(36,37)20-12-13-24(21(29)17-20)32-25-18-26(35)34(33-25)27-22(30)15-19(28)16-23(27)31/h13-14,16-18H,3-12,15,19H2,1-2H3;12-13,15-17H,2-11,14,18H2,1H3,(H,32,33). The van der Waals surface area contributed by atoms with Crippen LogP contribution in [0, 0.1) is 0 Å². The van der Waals surface area contributed by atoms with Crippen LogP contribution in [0.1, 0.15) is 162 Å². The molecule has 0 fully saturated rings. The number of anilines is 4. The molecule has 1 N–H and O–H groups in total. The Hall–Kier alpha value is -3.35. The Bertz CT molecular complexity index is 3030. The van der Waals surface area contributed by atoms with Crippen LogP contribution in [-0.2, 0) is 34.1 Å². The lowest BCUT2D eigenvalue weighted by atomic mass is 10.1. The maximum Gasteiger partial charge on any atom is 0.255 e. The molecule has 79 heavy (non-hydrogen) atoms. The first-order valence-corrected chi connectivity index (χ1v) is 33.1. The molecule has 0 bridgehead atoms. The molecule has 2 aliphatic rings. The monoisotopic (exact) mass is 1280 g/mol. The van der Waals surface area contributed by atoms with Crippen LogP contribution in [0.4, 0.5) is 22.7 Å². The van der Waals surface area contributed by atoms with Gasteiger partial charge in [0.15, 0.2) is 19.7 Å². The van der Waals surface area contributed by atoms with Crippen LogP contribution >= 0.6 is 92.8 Å². The fourth-order valence-corrected chi connectivity index (χ4v) is 14.3. The predicted molar refractivity (Wildman–Crippen MR) is 330 cm³/mol. The lowest BCUT2D eigenvalue weighted by molar-refractivity contribution is -0.117. The second kappa shape index (κ2) is 32.5. The Morgan fingerprint density at radius 2 is 0.886 bits per heavy atom. The predicted octanol–water partition coefficient (Wildman–Crippen LogP) is 18.3. The van der Waals surface area contributed by atoms with E-state index in [0.29, 0.717) is 34.4 Å². The van der Waals surface area contributed by atoms with Gasteiger partial charge in [-0.15, -0.1) is 0 Å². The van der Waals surface area contributed by atoms with Crippen molar-refractivity contribution in [2.45, 2.75) is 172 Å². The number of carbonyl (C=O) groups excluding carboxylic acids is 3. The van der Waals surface area contributed by atoms with Crippen LogP contribution in [-0.4, -0.2) is 57.7 Å². The number of hydrogen-bond acceptors (Lipinski definition) is 10. The third kappa shape index (κ3) is 19.9. The van der Waals surface area contributed by atoms with E-state index in [4.69, 9.17) is 92.8 Å². The van der Waals surface area contributed by atoms with Gasteiger partial charge in [-0.25, -0.2) is 16.8 Å². The lowest BCUT2D eigenvalue weighted by Crippen LogP contribution is -2.34. The van der Waals surface area contributed by atoms with Crippen LogP contribution in [0.15, 0.2) is 80.7 Å². The molecule has 2 aliphatic heterocycles. The highest BCUT2D eigenvalue weighted by molar-refractivity contribution is 7.91. The van der Waals surface area contributed by atoms with Crippen molar-refractivity contribution in [1.29, 1.82) is 0 Å². The molecule has 0 spiro atoms. The number of rotatable bonds is 28. The van der Waals surface area contributed by atoms with Gasteiger partial charge in [0.2, 0.25) is 5.91 Å². The molecule has 4 aromatic rings. The van der Waals surface area contributed by atoms with E-state index in [1.54, 1.807) is 6.07 Å². The Labute approximate surface area is 506 Å². The molecule has 0 saturated carbocycles. The van der Waals surface area contributed by atoms with E-state index in [0.717, 1.165) is 48.5 Å². The molecule has 0 atom stereocenters. The van der Waals surface area contributed by atoms with Gasteiger partial charge in [-0.3, -0.25) is 19.3 Å². The van der Waals surface area contributed by atoms with Crippen LogP contribution in [0.3, 0.4) is 0 Å². The quantitative estimate of drug-likeness (QED) is 0.0549. The van der Waals surface area contributed by atoms with Crippen molar-refractivity contribution in [3.8, 4) is 0 Å². The molecule has 2 heterocycles. The number of nitrogens with zero attached hydrogens (tertiary/aromatic N) is 5. The largest absolute Gasteiger partial charge is 0.341 e. The number of carbonyl (C=O) groups is 3. The number of amides is 3. The molecule has 13 nitrogen and oxygen atoms in total. The van der Waals surface area contributed by atoms with Gasteiger partial charge in [0.25, 0.3) is 11.8 Å². The number of amidine groups is 2. The summed E-state index contributed by atoms with van der Waals surface area (Å²) in [6, 6.07) is 14.5. The van der Waals surface area contributed by atoms with Crippen molar-refractivity contribution in [1.82, 2.24) is 0 Å². The minimum absolute atomic E-state index is 0.0222. The highest BCUT2D eigenvalue weighted by Crippen LogP contribution is 2.41. The Morgan fingerprint density at radius 3 is 1.29 bits per heavy atom. The zero-order valence-electron chi connectivity index (χ0n) is 44.7. The first-order valence-electron chi connectivity index (χ1n) is 26.8. The van der Waals surface area contributed by atoms with Gasteiger partial charge >= 0.3 is 0 Å². The molecule has 3 amide bonds. The van der Waals surface area contributed by atoms with E-state index in [1.807, 2.05) is 0 Å². The second-order valence-corrected chi connectivity index (χ2v) is 27.0. The van der Waals surface area contributed by atoms with E-state index in [9.17, 15) is 31.2 Å². The number of hydrazone groups is 2. The smallest absolute Gasteiger partial charge is 0.255 e. The van der Waals surface area contributed by atoms with Crippen molar-refractivity contribution >= 4 is 165 Å². The van der Waals surface area contributed by atoms with Crippen molar-refractivity contribution in [2.24, 2.45) is 10.2 Å². The van der Waals surface area contributed by atoms with Crippen molar-refractivity contribution in [3.05, 3.63) is 101 Å². The third-order valence-electron chi connectivity index (χ3n) is 13.1. The summed E-state index contributed by atoms with van der Waals surface area (Å²) in [6.45, 7) is 5.72. The van der Waals surface area contributed by atoms with Crippen LogP contribution < -0.4 is 20.2 Å². The Balaban J connectivity index is 0.000000291. The van der Waals surface area contributed by atoms with E-state index in [1.165, 1.54) is 143 Å². The maximum atomic E-state index is 13.0. The molecule has 0 saturated heterocycles. The summed E-state index contributed by atoms with van der Waals surface area (Å²) in [4.78, 5) is 39.5. The summed E-state index contributed by atoms with van der Waals surface area (Å²) in [6.07, 6.45) is 22.2. The van der Waals surface area contributed by atoms with Gasteiger partial charge in [0.1, 0.15) is 23.0 Å². The average Bonchev–Trinajstić information content (AvgIpc) is 3.96. The zero-order chi connectivity index (χ0) is 57.9. The molecular weight excluding hydrogens is 1220 g/mol. The van der Waals surface area contributed by atoms with E-state index in [2.05, 4.69) is 29.4 Å². The minimum atomic E-state index is -3.56. The van der Waals surface area contributed by atoms with Gasteiger partial charge in [-0.2, -0.15) is 20.2 Å². The van der Waals surface area contributed by atoms with Gasteiger partial charge in [0, 0.05) is 17.0 Å². The van der Waals surface area contributed by atoms with E-state index in [-0.39, 0.29) is 93.1 Å². The van der Waals surface area contributed by atoms with E-state index >= 15 is 0 Å². The number of hydrogen-bond donors (Lipinski definition) is 1. The maximum absolute atomic E-state index is 13.0. The SMILES string of the molecule is CCCCCCCCCCCCS(=O)(=O)c1ccc(N(C(C)=O)C2=NN(c3c(Cl)cc(Cl)cc3Cl)C(=O)C2)c(Cl)c1.CCCCCCCCCCCCS(=O)(=O)c1ccc(NC2=NN(c3c(Cl)cc(Cl)cc3Cl)C(=O)C2)c(Cl)c1. The number of unbranched alkanes of at least 4 members (excludes halogenated alkanes) is 18. The number of nitrogens with one attached hydrogen (secondary N) is 1. The molecule has 0 aliphatic carbocycles. The fourth-order valence-electron chi connectivity index (χ4n) is 8.96. The molecule has 0 radical (unpaired) electrons. The van der Waals surface area contributed by atoms with Crippen molar-refractivity contribution in [2.75, 3.05) is 31.7 Å². The normalized spacial score (nSPS) is 13.7. The highest BCUT2D eigenvalue weighted by Gasteiger charge is 2.35. The molecule has 6 rings (SSSR count). The van der Waals surface area contributed by atoms with Crippen LogP contribution in [0.25, 0.3) is 0 Å². The van der Waals surface area contributed by atoms with Crippen molar-refractivity contribution in [3.63, 3.8) is 0 Å². The second-order valence-electron chi connectivity index (χ2n) is 19.5. The van der Waals surface area contributed by atoms with Gasteiger partial charge in [-0.05, 0) is 73.5 Å². The molecule has 0 unspecified atom stereocenters. The molecule has 4 aromatic carbocycles. The summed E-state index contributed by atoms with van der Waals surface area (Å²) in [5.41, 5.74) is 1.02. The molecule has 23 heteroatoms.